The fourth-order valence-corrected chi connectivity index (χ4v) is 3.88. The summed E-state index contributed by atoms with van der Waals surface area (Å²) in [7, 11) is -3.30. The lowest BCUT2D eigenvalue weighted by atomic mass is 10.0. The summed E-state index contributed by atoms with van der Waals surface area (Å²) >= 11 is 6.10. The first-order valence-electron chi connectivity index (χ1n) is 8.40. The number of halogens is 1. The predicted octanol–water partition coefficient (Wildman–Crippen LogP) is 3.29. The molecule has 1 atom stereocenters. The van der Waals surface area contributed by atoms with Crippen LogP contribution in [0.1, 0.15) is 47.8 Å². The van der Waals surface area contributed by atoms with Crippen LogP contribution in [-0.2, 0) is 16.6 Å². The van der Waals surface area contributed by atoms with E-state index in [-0.39, 0.29) is 24.2 Å². The average Bonchev–Trinajstić information content (AvgIpc) is 2.91. The fraction of sp³-hybridized carbons (Fsp3) is 0.333. The number of pyridine rings is 1. The number of hydrogen-bond donors (Lipinski definition) is 1. The summed E-state index contributed by atoms with van der Waals surface area (Å²) in [6, 6.07) is 6.95. The molecule has 1 aliphatic heterocycles. The molecule has 0 fully saturated rings. The zero-order valence-electron chi connectivity index (χ0n) is 14.6. The van der Waals surface area contributed by atoms with Crippen molar-refractivity contribution in [3.05, 3.63) is 58.4 Å². The maximum absolute atomic E-state index is 12.9. The van der Waals surface area contributed by atoms with E-state index in [0.29, 0.717) is 21.8 Å². The summed E-state index contributed by atoms with van der Waals surface area (Å²) in [6.07, 6.45) is 3.94. The monoisotopic (exact) mass is 393 g/mol. The highest BCUT2D eigenvalue weighted by molar-refractivity contribution is 7.89. The number of carbonyl (C=O) groups is 1. The molecule has 0 saturated carbocycles. The summed E-state index contributed by atoms with van der Waals surface area (Å²) in [4.78, 5) is 18.8. The van der Waals surface area contributed by atoms with Crippen molar-refractivity contribution in [2.75, 3.05) is 10.7 Å². The molecule has 1 amide bonds. The van der Waals surface area contributed by atoms with Crippen molar-refractivity contribution in [1.29, 1.82) is 0 Å². The Hall–Kier alpha value is -1.96. The lowest BCUT2D eigenvalue weighted by Gasteiger charge is -2.24. The van der Waals surface area contributed by atoms with Gasteiger partial charge in [-0.05, 0) is 48.7 Å². The van der Waals surface area contributed by atoms with E-state index in [1.807, 2.05) is 13.0 Å². The molecule has 1 N–H and O–H groups in total. The van der Waals surface area contributed by atoms with Crippen molar-refractivity contribution in [2.45, 2.75) is 32.9 Å². The van der Waals surface area contributed by atoms with Crippen LogP contribution in [0.4, 0.5) is 5.69 Å². The van der Waals surface area contributed by atoms with Gasteiger partial charge in [-0.15, -0.1) is 0 Å². The van der Waals surface area contributed by atoms with Crippen LogP contribution >= 0.6 is 11.6 Å². The van der Waals surface area contributed by atoms with Gasteiger partial charge in [0.1, 0.15) is 0 Å². The molecular weight excluding hydrogens is 374 g/mol. The second kappa shape index (κ2) is 7.34. The Morgan fingerprint density at radius 3 is 2.69 bits per heavy atom. The molecule has 6 nitrogen and oxygen atoms in total. The van der Waals surface area contributed by atoms with Gasteiger partial charge >= 0.3 is 0 Å². The summed E-state index contributed by atoms with van der Waals surface area (Å²) in [5, 5.41) is 0.595. The average molecular weight is 394 g/mol. The number of sulfonamides is 1. The molecule has 3 rings (SSSR count). The lowest BCUT2D eigenvalue weighted by molar-refractivity contribution is 0.0990. The molecule has 1 aromatic heterocycles. The van der Waals surface area contributed by atoms with Gasteiger partial charge in [0.2, 0.25) is 10.0 Å². The van der Waals surface area contributed by atoms with E-state index >= 15 is 0 Å². The molecule has 1 aliphatic rings. The van der Waals surface area contributed by atoms with E-state index in [1.54, 1.807) is 42.4 Å². The number of nitrogens with one attached hydrogen (secondary N) is 1. The molecule has 0 unspecified atom stereocenters. The number of amides is 1. The Kier molecular flexibility index (Phi) is 5.32. The Bertz CT molecular complexity index is 946. The number of rotatable bonds is 6. The van der Waals surface area contributed by atoms with Crippen LogP contribution in [-0.4, -0.2) is 25.1 Å². The highest BCUT2D eigenvalue weighted by Gasteiger charge is 2.36. The molecule has 0 aliphatic carbocycles. The zero-order valence-corrected chi connectivity index (χ0v) is 16.1. The second-order valence-corrected chi connectivity index (χ2v) is 8.64. The summed E-state index contributed by atoms with van der Waals surface area (Å²) in [5.74, 6) is -0.0878. The molecule has 0 radical (unpaired) electrons. The van der Waals surface area contributed by atoms with E-state index in [1.165, 1.54) is 0 Å². The number of anilines is 1. The van der Waals surface area contributed by atoms with E-state index in [2.05, 4.69) is 9.71 Å². The highest BCUT2D eigenvalue weighted by Crippen LogP contribution is 2.40. The Balaban J connectivity index is 1.92. The number of hydrogen-bond acceptors (Lipinski definition) is 4. The van der Waals surface area contributed by atoms with Crippen molar-refractivity contribution in [1.82, 2.24) is 9.71 Å². The minimum Gasteiger partial charge on any atom is -0.299 e. The quantitative estimate of drug-likeness (QED) is 0.816. The smallest absolute Gasteiger partial charge is 0.259 e. The molecule has 2 aromatic rings. The van der Waals surface area contributed by atoms with Crippen molar-refractivity contribution < 1.29 is 13.2 Å². The van der Waals surface area contributed by atoms with Crippen LogP contribution in [0, 0.1) is 0 Å². The summed E-state index contributed by atoms with van der Waals surface area (Å²) < 4.78 is 25.8. The molecule has 8 heteroatoms. The minimum absolute atomic E-state index is 0.0126. The largest absolute Gasteiger partial charge is 0.299 e. The molecular formula is C18H20ClN3O3S. The van der Waals surface area contributed by atoms with E-state index < -0.39 is 10.0 Å². The second-order valence-electron chi connectivity index (χ2n) is 6.11. The third-order valence-corrected chi connectivity index (χ3v) is 6.03. The van der Waals surface area contributed by atoms with Crippen LogP contribution in [0.25, 0.3) is 0 Å². The van der Waals surface area contributed by atoms with Crippen molar-refractivity contribution in [2.24, 2.45) is 0 Å². The first kappa shape index (κ1) is 18.8. The molecule has 2 heterocycles. The van der Waals surface area contributed by atoms with Gasteiger partial charge in [0.15, 0.2) is 0 Å². The molecule has 26 heavy (non-hydrogen) atoms. The third kappa shape index (κ3) is 3.60. The maximum atomic E-state index is 12.9. The van der Waals surface area contributed by atoms with E-state index in [9.17, 15) is 13.2 Å². The molecule has 1 aromatic carbocycles. The number of nitrogens with zero attached hydrogens (tertiary/aromatic N) is 2. The first-order valence-corrected chi connectivity index (χ1v) is 10.4. The number of fused-ring (bicyclic) bond motifs is 1. The van der Waals surface area contributed by atoms with Crippen LogP contribution in [0.5, 0.6) is 0 Å². The van der Waals surface area contributed by atoms with Crippen LogP contribution in [0.2, 0.25) is 5.02 Å². The Morgan fingerprint density at radius 2 is 2.00 bits per heavy atom. The molecule has 138 valence electrons. The van der Waals surface area contributed by atoms with Gasteiger partial charge in [0, 0.05) is 23.3 Å². The van der Waals surface area contributed by atoms with Gasteiger partial charge in [-0.25, -0.2) is 13.1 Å². The highest BCUT2D eigenvalue weighted by atomic mass is 35.5. The van der Waals surface area contributed by atoms with Crippen molar-refractivity contribution in [3.8, 4) is 0 Å². The topological polar surface area (TPSA) is 79.4 Å². The first-order chi connectivity index (χ1) is 12.4. The lowest BCUT2D eigenvalue weighted by Crippen LogP contribution is -2.28. The fourth-order valence-electron chi connectivity index (χ4n) is 3.11. The molecule has 0 spiro atoms. The minimum atomic E-state index is -3.30. The SMILES string of the molecule is CC[C@H]1c2cc(Cl)ccc2C(=O)N1c1cncc(CNS(=O)(=O)CC)c1. The van der Waals surface area contributed by atoms with Crippen LogP contribution < -0.4 is 9.62 Å². The molecule has 0 saturated heterocycles. The standard InChI is InChI=1S/C18H20ClN3O3S/c1-3-17-16-8-13(19)5-6-15(16)18(23)22(17)14-7-12(9-20-11-14)10-21-26(24,25)4-2/h5-9,11,17,21H,3-4,10H2,1-2H3/t17-/m0/s1. The van der Waals surface area contributed by atoms with Gasteiger partial charge in [0.05, 0.1) is 23.7 Å². The molecule has 0 bridgehead atoms. The van der Waals surface area contributed by atoms with Gasteiger partial charge in [-0.2, -0.15) is 0 Å². The van der Waals surface area contributed by atoms with Gasteiger partial charge in [-0.3, -0.25) is 14.7 Å². The number of aromatic nitrogens is 1. The van der Waals surface area contributed by atoms with Gasteiger partial charge < -0.3 is 0 Å². The maximum Gasteiger partial charge on any atom is 0.259 e. The normalized spacial score (nSPS) is 16.8. The van der Waals surface area contributed by atoms with E-state index in [0.717, 1.165) is 12.0 Å². The van der Waals surface area contributed by atoms with Crippen molar-refractivity contribution >= 4 is 33.2 Å². The van der Waals surface area contributed by atoms with Crippen LogP contribution in [0.15, 0.2) is 36.7 Å². The van der Waals surface area contributed by atoms with Crippen LogP contribution in [0.3, 0.4) is 0 Å². The van der Waals surface area contributed by atoms with E-state index in [4.69, 9.17) is 11.6 Å². The van der Waals surface area contributed by atoms with Gasteiger partial charge in [0.25, 0.3) is 5.91 Å². The van der Waals surface area contributed by atoms with Crippen molar-refractivity contribution in [3.63, 3.8) is 0 Å². The summed E-state index contributed by atoms with van der Waals surface area (Å²) in [6.45, 7) is 3.72. The number of benzene rings is 1. The Morgan fingerprint density at radius 1 is 1.23 bits per heavy atom. The summed E-state index contributed by atoms with van der Waals surface area (Å²) in [5.41, 5.74) is 2.87. The van der Waals surface area contributed by atoms with Gasteiger partial charge in [-0.1, -0.05) is 18.5 Å². The predicted molar refractivity (Wildman–Crippen MR) is 102 cm³/mol. The third-order valence-electron chi connectivity index (χ3n) is 4.46. The Labute approximate surface area is 158 Å². The number of carbonyl (C=O) groups excluding carboxylic acids is 1. The zero-order chi connectivity index (χ0) is 18.9.